The number of nitrogens with zero attached hydrogens (tertiary/aromatic N) is 2. The van der Waals surface area contributed by atoms with Crippen LogP contribution in [0, 0.1) is 0 Å². The molecule has 2 aromatic carbocycles. The Labute approximate surface area is 174 Å². The van der Waals surface area contributed by atoms with Crippen LogP contribution in [0.2, 0.25) is 0 Å². The van der Waals surface area contributed by atoms with Crippen LogP contribution in [0.4, 0.5) is 5.69 Å². The molecule has 0 spiro atoms. The van der Waals surface area contributed by atoms with Gasteiger partial charge in [0.15, 0.2) is 11.5 Å². The molecule has 0 aliphatic carbocycles. The summed E-state index contributed by atoms with van der Waals surface area (Å²) in [5.41, 5.74) is 0.896. The van der Waals surface area contributed by atoms with E-state index in [2.05, 4.69) is 20.8 Å². The molecule has 0 saturated carbocycles. The van der Waals surface area contributed by atoms with Crippen LogP contribution < -0.4 is 19.1 Å². The number of ether oxygens (including phenoxy) is 3. The van der Waals surface area contributed by atoms with Crippen molar-refractivity contribution in [1.82, 2.24) is 4.31 Å². The van der Waals surface area contributed by atoms with Gasteiger partial charge in [0.05, 0.1) is 26.2 Å². The first-order valence-corrected chi connectivity index (χ1v) is 10.9. The number of halogens is 1. The summed E-state index contributed by atoms with van der Waals surface area (Å²) < 4.78 is 44.2. The first-order valence-electron chi connectivity index (χ1n) is 8.72. The monoisotopic (exact) mass is 470 g/mol. The van der Waals surface area contributed by atoms with Crippen LogP contribution >= 0.6 is 15.9 Å². The zero-order valence-corrected chi connectivity index (χ0v) is 18.4. The Kier molecular flexibility index (Phi) is 6.36. The van der Waals surface area contributed by atoms with Crippen molar-refractivity contribution in [1.29, 1.82) is 0 Å². The minimum absolute atomic E-state index is 0.288. The van der Waals surface area contributed by atoms with Crippen LogP contribution in [0.25, 0.3) is 0 Å². The van der Waals surface area contributed by atoms with Gasteiger partial charge in [0.1, 0.15) is 0 Å². The summed E-state index contributed by atoms with van der Waals surface area (Å²) in [6.45, 7) is 1.89. The van der Waals surface area contributed by atoms with E-state index in [-0.39, 0.29) is 4.90 Å². The third kappa shape index (κ3) is 3.92. The predicted molar refractivity (Wildman–Crippen MR) is 111 cm³/mol. The smallest absolute Gasteiger partial charge is 0.244 e. The molecule has 152 valence electrons. The number of anilines is 1. The van der Waals surface area contributed by atoms with Crippen LogP contribution in [-0.2, 0) is 10.0 Å². The largest absolute Gasteiger partial charge is 0.493 e. The average molecular weight is 471 g/mol. The van der Waals surface area contributed by atoms with E-state index in [1.807, 2.05) is 12.1 Å². The normalized spacial score (nSPS) is 15.4. The van der Waals surface area contributed by atoms with Gasteiger partial charge in [-0.1, -0.05) is 12.1 Å². The van der Waals surface area contributed by atoms with E-state index in [0.29, 0.717) is 47.9 Å². The lowest BCUT2D eigenvalue weighted by Gasteiger charge is -2.35. The van der Waals surface area contributed by atoms with Crippen molar-refractivity contribution < 1.29 is 22.6 Å². The number of rotatable bonds is 6. The third-order valence-corrected chi connectivity index (χ3v) is 7.62. The van der Waals surface area contributed by atoms with Gasteiger partial charge in [-0.2, -0.15) is 4.31 Å². The van der Waals surface area contributed by atoms with Crippen molar-refractivity contribution in [3.63, 3.8) is 0 Å². The van der Waals surface area contributed by atoms with Gasteiger partial charge in [-0.3, -0.25) is 0 Å². The maximum absolute atomic E-state index is 13.0. The van der Waals surface area contributed by atoms with Gasteiger partial charge in [0, 0.05) is 48.5 Å². The van der Waals surface area contributed by atoms with Crippen LogP contribution in [0.5, 0.6) is 17.2 Å². The molecule has 0 unspecified atom stereocenters. The number of benzene rings is 2. The fraction of sp³-hybridized carbons (Fsp3) is 0.368. The van der Waals surface area contributed by atoms with Gasteiger partial charge in [0.2, 0.25) is 15.8 Å². The van der Waals surface area contributed by atoms with Crippen LogP contribution in [-0.4, -0.2) is 60.2 Å². The molecule has 1 aliphatic heterocycles. The molecule has 1 aliphatic rings. The summed E-state index contributed by atoms with van der Waals surface area (Å²) >= 11 is 3.34. The molecule has 0 aromatic heterocycles. The zero-order valence-electron chi connectivity index (χ0n) is 16.0. The molecule has 0 bridgehead atoms. The van der Waals surface area contributed by atoms with Crippen molar-refractivity contribution >= 4 is 31.6 Å². The van der Waals surface area contributed by atoms with E-state index in [1.54, 1.807) is 45.6 Å². The molecule has 1 saturated heterocycles. The predicted octanol–water partition coefficient (Wildman–Crippen LogP) is 2.99. The molecule has 0 atom stereocenters. The number of hydrogen-bond donors (Lipinski definition) is 0. The Morgan fingerprint density at radius 1 is 0.893 bits per heavy atom. The molecule has 0 amide bonds. The second kappa shape index (κ2) is 8.59. The highest BCUT2D eigenvalue weighted by Gasteiger charge is 2.30. The van der Waals surface area contributed by atoms with Crippen molar-refractivity contribution in [2.75, 3.05) is 52.4 Å². The summed E-state index contributed by atoms with van der Waals surface area (Å²) in [5, 5.41) is 0. The van der Waals surface area contributed by atoms with E-state index in [4.69, 9.17) is 14.2 Å². The quantitative estimate of drug-likeness (QED) is 0.646. The Hall–Kier alpha value is -1.97. The zero-order chi connectivity index (χ0) is 20.3. The molecule has 0 N–H and O–H groups in total. The Morgan fingerprint density at radius 3 is 1.96 bits per heavy atom. The Morgan fingerprint density at radius 2 is 1.46 bits per heavy atom. The van der Waals surface area contributed by atoms with Gasteiger partial charge in [-0.05, 0) is 28.1 Å². The molecule has 1 heterocycles. The molecule has 7 nitrogen and oxygen atoms in total. The highest BCUT2D eigenvalue weighted by molar-refractivity contribution is 9.10. The fourth-order valence-corrected chi connectivity index (χ4v) is 5.62. The molecule has 3 rings (SSSR count). The second-order valence-corrected chi connectivity index (χ2v) is 8.97. The molecule has 1 fully saturated rings. The molecular formula is C19H23BrN2O5S. The number of hydrogen-bond acceptors (Lipinski definition) is 6. The molecule has 2 aromatic rings. The number of piperazine rings is 1. The number of methoxy groups -OCH3 is 3. The van der Waals surface area contributed by atoms with E-state index in [1.165, 1.54) is 4.31 Å². The Balaban J connectivity index is 1.80. The van der Waals surface area contributed by atoms with E-state index >= 15 is 0 Å². The summed E-state index contributed by atoms with van der Waals surface area (Å²) in [7, 11) is 1.16. The second-order valence-electron chi connectivity index (χ2n) is 6.21. The van der Waals surface area contributed by atoms with Gasteiger partial charge in [-0.25, -0.2) is 8.42 Å². The summed E-state index contributed by atoms with van der Waals surface area (Å²) in [6.07, 6.45) is 0. The minimum atomic E-state index is -3.54. The molecule has 28 heavy (non-hydrogen) atoms. The molecule has 9 heteroatoms. The van der Waals surface area contributed by atoms with Crippen LogP contribution in [0.3, 0.4) is 0 Å². The van der Waals surface area contributed by atoms with Crippen molar-refractivity contribution in [3.05, 3.63) is 40.9 Å². The first-order chi connectivity index (χ1) is 13.4. The Bertz CT molecular complexity index is 918. The molecular weight excluding hydrogens is 448 g/mol. The maximum atomic E-state index is 13.0. The highest BCUT2D eigenvalue weighted by Crippen LogP contribution is 2.41. The number of sulfonamides is 1. The van der Waals surface area contributed by atoms with Gasteiger partial charge in [-0.15, -0.1) is 0 Å². The highest BCUT2D eigenvalue weighted by atomic mass is 79.9. The van der Waals surface area contributed by atoms with E-state index in [9.17, 15) is 8.42 Å². The SMILES string of the molecule is COc1cc(N2CCN(S(=O)(=O)c3ccccc3Br)CC2)cc(OC)c1OC. The van der Waals surface area contributed by atoms with Crippen molar-refractivity contribution in [2.24, 2.45) is 0 Å². The van der Waals surface area contributed by atoms with Gasteiger partial charge < -0.3 is 19.1 Å². The van der Waals surface area contributed by atoms with Crippen molar-refractivity contribution in [2.45, 2.75) is 4.90 Å². The molecule has 0 radical (unpaired) electrons. The lowest BCUT2D eigenvalue weighted by atomic mass is 10.2. The van der Waals surface area contributed by atoms with Crippen LogP contribution in [0.1, 0.15) is 0 Å². The summed E-state index contributed by atoms with van der Waals surface area (Å²) in [5.74, 6) is 1.67. The standard InChI is InChI=1S/C19H23BrN2O5S/c1-25-16-12-14(13-17(26-2)19(16)27-3)21-8-10-22(11-9-21)28(23,24)18-7-5-4-6-15(18)20/h4-7,12-13H,8-11H2,1-3H3. The van der Waals surface area contributed by atoms with E-state index < -0.39 is 10.0 Å². The van der Waals surface area contributed by atoms with Crippen molar-refractivity contribution in [3.8, 4) is 17.2 Å². The lowest BCUT2D eigenvalue weighted by Crippen LogP contribution is -2.48. The van der Waals surface area contributed by atoms with Gasteiger partial charge in [0.25, 0.3) is 0 Å². The topological polar surface area (TPSA) is 68.3 Å². The first kappa shape index (κ1) is 20.8. The van der Waals surface area contributed by atoms with E-state index in [0.717, 1.165) is 5.69 Å². The lowest BCUT2D eigenvalue weighted by molar-refractivity contribution is 0.324. The summed E-state index contributed by atoms with van der Waals surface area (Å²) in [6, 6.07) is 10.6. The third-order valence-electron chi connectivity index (χ3n) is 4.71. The minimum Gasteiger partial charge on any atom is -0.493 e. The maximum Gasteiger partial charge on any atom is 0.244 e. The average Bonchev–Trinajstić information content (AvgIpc) is 2.72. The van der Waals surface area contributed by atoms with Crippen LogP contribution in [0.15, 0.2) is 45.8 Å². The fourth-order valence-electron chi connectivity index (χ4n) is 3.23. The van der Waals surface area contributed by atoms with Gasteiger partial charge >= 0.3 is 0 Å². The summed E-state index contributed by atoms with van der Waals surface area (Å²) in [4.78, 5) is 2.40.